The van der Waals surface area contributed by atoms with Crippen molar-refractivity contribution in [2.24, 2.45) is 27.4 Å². The lowest BCUT2D eigenvalue weighted by atomic mass is 9.94. The molecule has 2 unspecified atom stereocenters. The van der Waals surface area contributed by atoms with Crippen molar-refractivity contribution in [1.29, 1.82) is 0 Å². The fraction of sp³-hybridized carbons (Fsp3) is 0.538. The van der Waals surface area contributed by atoms with Gasteiger partial charge < -0.3 is 16.8 Å². The van der Waals surface area contributed by atoms with Crippen molar-refractivity contribution in [3.63, 3.8) is 0 Å². The maximum atomic E-state index is 5.81. The summed E-state index contributed by atoms with van der Waals surface area (Å²) < 4.78 is 0. The summed E-state index contributed by atoms with van der Waals surface area (Å²) in [6, 6.07) is 0. The first kappa shape index (κ1) is 15.7. The molecule has 0 aromatic heterocycles. The van der Waals surface area contributed by atoms with E-state index in [1.807, 2.05) is 0 Å². The molecular formula is C13H24N5P. The molecule has 1 rings (SSSR count). The van der Waals surface area contributed by atoms with Gasteiger partial charge in [-0.25, -0.2) is 9.98 Å². The molecule has 0 aromatic carbocycles. The van der Waals surface area contributed by atoms with Gasteiger partial charge in [-0.3, -0.25) is 0 Å². The zero-order chi connectivity index (χ0) is 14.1. The van der Waals surface area contributed by atoms with Crippen LogP contribution < -0.4 is 16.8 Å². The summed E-state index contributed by atoms with van der Waals surface area (Å²) in [5.41, 5.74) is 13.1. The Labute approximate surface area is 117 Å². The van der Waals surface area contributed by atoms with E-state index in [-0.39, 0.29) is 0 Å². The van der Waals surface area contributed by atoms with Crippen molar-refractivity contribution in [1.82, 2.24) is 5.32 Å². The summed E-state index contributed by atoms with van der Waals surface area (Å²) in [4.78, 5) is 8.56. The van der Waals surface area contributed by atoms with Crippen LogP contribution >= 0.6 is 9.24 Å². The van der Waals surface area contributed by atoms with Crippen molar-refractivity contribution in [3.05, 3.63) is 23.7 Å². The topological polar surface area (TPSA) is 88.8 Å². The Kier molecular flexibility index (Phi) is 7.19. The van der Waals surface area contributed by atoms with Gasteiger partial charge in [-0.05, 0) is 37.8 Å². The standard InChI is InChI=1S/C13H24N5P/c1-10(15)13-12(17-8-14)7-11(4-6-19)3-2-5-16-9-18-13/h8-9,11H,1-7,15,19H2,(H2,14,17)(H,16,18)/b13-12+. The molecule has 0 bridgehead atoms. The lowest BCUT2D eigenvalue weighted by Crippen LogP contribution is -2.17. The van der Waals surface area contributed by atoms with Crippen molar-refractivity contribution < 1.29 is 0 Å². The summed E-state index contributed by atoms with van der Waals surface area (Å²) in [5.74, 6) is 0.570. The molecule has 5 nitrogen and oxygen atoms in total. The van der Waals surface area contributed by atoms with E-state index in [4.69, 9.17) is 11.5 Å². The second-order valence-corrected chi connectivity index (χ2v) is 5.18. The van der Waals surface area contributed by atoms with E-state index < -0.39 is 0 Å². The second kappa shape index (κ2) is 8.70. The van der Waals surface area contributed by atoms with Gasteiger partial charge >= 0.3 is 0 Å². The molecular weight excluding hydrogens is 257 g/mol. The first-order chi connectivity index (χ1) is 9.19. The molecule has 0 aliphatic carbocycles. The molecule has 1 aliphatic heterocycles. The summed E-state index contributed by atoms with van der Waals surface area (Å²) in [6.45, 7) is 4.70. The zero-order valence-corrected chi connectivity index (χ0v) is 12.5. The van der Waals surface area contributed by atoms with Gasteiger partial charge in [0.25, 0.3) is 0 Å². The van der Waals surface area contributed by atoms with Crippen LogP contribution in [0.4, 0.5) is 0 Å². The van der Waals surface area contributed by atoms with Crippen LogP contribution in [0.5, 0.6) is 0 Å². The Bertz CT molecular complexity index is 386. The minimum absolute atomic E-state index is 0.420. The van der Waals surface area contributed by atoms with Gasteiger partial charge in [-0.1, -0.05) is 6.58 Å². The van der Waals surface area contributed by atoms with Gasteiger partial charge in [-0.15, -0.1) is 9.24 Å². The Balaban J connectivity index is 3.06. The third-order valence-electron chi connectivity index (χ3n) is 3.08. The van der Waals surface area contributed by atoms with E-state index in [1.165, 1.54) is 6.34 Å². The number of hydrogen-bond donors (Lipinski definition) is 3. The van der Waals surface area contributed by atoms with Gasteiger partial charge in [0.05, 0.1) is 24.1 Å². The van der Waals surface area contributed by atoms with Crippen molar-refractivity contribution >= 4 is 21.9 Å². The van der Waals surface area contributed by atoms with Crippen LogP contribution in [0.3, 0.4) is 0 Å². The second-order valence-electron chi connectivity index (χ2n) is 4.60. The summed E-state index contributed by atoms with van der Waals surface area (Å²) >= 11 is 0. The van der Waals surface area contributed by atoms with Crippen molar-refractivity contribution in [3.8, 4) is 0 Å². The van der Waals surface area contributed by atoms with Gasteiger partial charge in [0.2, 0.25) is 0 Å². The molecule has 0 saturated heterocycles. The van der Waals surface area contributed by atoms with E-state index in [0.717, 1.165) is 44.1 Å². The van der Waals surface area contributed by atoms with Crippen LogP contribution in [-0.4, -0.2) is 25.4 Å². The zero-order valence-electron chi connectivity index (χ0n) is 11.3. The average molecular weight is 281 g/mol. The third kappa shape index (κ3) is 5.43. The van der Waals surface area contributed by atoms with Gasteiger partial charge in [0, 0.05) is 6.54 Å². The molecule has 0 amide bonds. The minimum atomic E-state index is 0.420. The van der Waals surface area contributed by atoms with E-state index in [9.17, 15) is 0 Å². The molecule has 0 radical (unpaired) electrons. The van der Waals surface area contributed by atoms with E-state index in [1.54, 1.807) is 6.34 Å². The third-order valence-corrected chi connectivity index (χ3v) is 3.42. The molecule has 0 spiro atoms. The van der Waals surface area contributed by atoms with Gasteiger partial charge in [0.1, 0.15) is 5.70 Å². The fourth-order valence-corrected chi connectivity index (χ4v) is 2.64. The monoisotopic (exact) mass is 281 g/mol. The number of nitrogens with one attached hydrogen (secondary N) is 1. The number of hydrogen-bond acceptors (Lipinski definition) is 4. The molecule has 106 valence electrons. The molecule has 1 heterocycles. The Morgan fingerprint density at radius 2 is 2.47 bits per heavy atom. The molecule has 2 atom stereocenters. The molecule has 6 heteroatoms. The normalized spacial score (nSPS) is 26.9. The number of nitrogens with two attached hydrogens (primary N) is 2. The predicted molar refractivity (Wildman–Crippen MR) is 86.1 cm³/mol. The highest BCUT2D eigenvalue weighted by Gasteiger charge is 2.15. The molecule has 0 fully saturated rings. The molecule has 19 heavy (non-hydrogen) atoms. The van der Waals surface area contributed by atoms with Crippen LogP contribution in [0.2, 0.25) is 0 Å². The summed E-state index contributed by atoms with van der Waals surface area (Å²) in [5, 5.41) is 3.15. The quantitative estimate of drug-likeness (QED) is 0.413. The smallest absolute Gasteiger partial charge is 0.109 e. The van der Waals surface area contributed by atoms with E-state index in [0.29, 0.717) is 17.3 Å². The summed E-state index contributed by atoms with van der Waals surface area (Å²) in [6.07, 6.45) is 8.30. The van der Waals surface area contributed by atoms with Gasteiger partial charge in [-0.2, -0.15) is 0 Å². The van der Waals surface area contributed by atoms with Crippen molar-refractivity contribution in [2.75, 3.05) is 12.7 Å². The lowest BCUT2D eigenvalue weighted by Gasteiger charge is -2.19. The number of aliphatic imine (C=N–C) groups is 2. The van der Waals surface area contributed by atoms with Crippen molar-refractivity contribution in [2.45, 2.75) is 25.7 Å². The van der Waals surface area contributed by atoms with E-state index in [2.05, 4.69) is 31.1 Å². The predicted octanol–water partition coefficient (Wildman–Crippen LogP) is 1.34. The molecule has 1 aliphatic rings. The maximum absolute atomic E-state index is 5.81. The van der Waals surface area contributed by atoms with Crippen LogP contribution in [0.25, 0.3) is 0 Å². The number of nitrogens with zero attached hydrogens (tertiary/aromatic N) is 2. The van der Waals surface area contributed by atoms with Crippen LogP contribution in [0, 0.1) is 5.92 Å². The molecule has 0 saturated carbocycles. The highest BCUT2D eigenvalue weighted by atomic mass is 31.0. The first-order valence-corrected chi connectivity index (χ1v) is 7.38. The Morgan fingerprint density at radius 1 is 1.68 bits per heavy atom. The van der Waals surface area contributed by atoms with Crippen LogP contribution in [0.1, 0.15) is 25.7 Å². The molecule has 5 N–H and O–H groups in total. The maximum Gasteiger partial charge on any atom is 0.109 e. The van der Waals surface area contributed by atoms with E-state index >= 15 is 0 Å². The lowest BCUT2D eigenvalue weighted by molar-refractivity contribution is 0.449. The SMILES string of the molecule is C=C(N)C1=C(\N=C/N)CC(CCP)CCCN/C=N\1. The van der Waals surface area contributed by atoms with Crippen LogP contribution in [0.15, 0.2) is 33.7 Å². The van der Waals surface area contributed by atoms with Gasteiger partial charge in [0.15, 0.2) is 0 Å². The first-order valence-electron chi connectivity index (χ1n) is 6.57. The Hall–Kier alpha value is -1.35. The Morgan fingerprint density at radius 3 is 3.11 bits per heavy atom. The highest BCUT2D eigenvalue weighted by Crippen LogP contribution is 2.26. The number of rotatable bonds is 4. The molecule has 0 aromatic rings. The highest BCUT2D eigenvalue weighted by molar-refractivity contribution is 7.16. The largest absolute Gasteiger partial charge is 0.397 e. The number of allylic oxidation sites excluding steroid dienone is 1. The summed E-state index contributed by atoms with van der Waals surface area (Å²) in [7, 11) is 2.78. The van der Waals surface area contributed by atoms with Crippen LogP contribution in [-0.2, 0) is 0 Å². The average Bonchev–Trinajstić information content (AvgIpc) is 2.37. The minimum Gasteiger partial charge on any atom is -0.397 e. The fourth-order valence-electron chi connectivity index (χ4n) is 2.17.